The predicted molar refractivity (Wildman–Crippen MR) is 84.8 cm³/mol. The van der Waals surface area contributed by atoms with Crippen LogP contribution in [-0.2, 0) is 11.0 Å². The molecule has 0 saturated carbocycles. The van der Waals surface area contributed by atoms with E-state index in [2.05, 4.69) is 10.2 Å². The SMILES string of the molecule is CC(CN1CCCCC1)NC(=O)COc1ccc(C(F)(F)F)cc1. The first-order valence-corrected chi connectivity index (χ1v) is 8.16. The third kappa shape index (κ3) is 6.03. The van der Waals surface area contributed by atoms with E-state index in [1.807, 2.05) is 6.92 Å². The van der Waals surface area contributed by atoms with E-state index >= 15 is 0 Å². The van der Waals surface area contributed by atoms with Crippen molar-refractivity contribution in [2.24, 2.45) is 0 Å². The van der Waals surface area contributed by atoms with E-state index in [-0.39, 0.29) is 24.3 Å². The smallest absolute Gasteiger partial charge is 0.416 e. The fraction of sp³-hybridized carbons (Fsp3) is 0.588. The molecule has 0 aliphatic carbocycles. The summed E-state index contributed by atoms with van der Waals surface area (Å²) in [5, 5.41) is 2.85. The summed E-state index contributed by atoms with van der Waals surface area (Å²) >= 11 is 0. The molecule has 0 bridgehead atoms. The van der Waals surface area contributed by atoms with Gasteiger partial charge in [0.15, 0.2) is 6.61 Å². The molecule has 0 radical (unpaired) electrons. The number of halogens is 3. The molecule has 1 atom stereocenters. The van der Waals surface area contributed by atoms with Crippen LogP contribution in [-0.4, -0.2) is 43.1 Å². The Balaban J connectivity index is 1.72. The molecule has 1 N–H and O–H groups in total. The first-order chi connectivity index (χ1) is 11.3. The van der Waals surface area contributed by atoms with Gasteiger partial charge in [-0.05, 0) is 57.1 Å². The zero-order valence-corrected chi connectivity index (χ0v) is 13.7. The Morgan fingerprint density at radius 2 is 1.83 bits per heavy atom. The Morgan fingerprint density at radius 1 is 1.21 bits per heavy atom. The summed E-state index contributed by atoms with van der Waals surface area (Å²) in [4.78, 5) is 14.2. The van der Waals surface area contributed by atoms with E-state index in [0.29, 0.717) is 0 Å². The van der Waals surface area contributed by atoms with Crippen LogP contribution >= 0.6 is 0 Å². The molecule has 1 aromatic carbocycles. The molecule has 1 unspecified atom stereocenters. The molecule has 1 aliphatic heterocycles. The van der Waals surface area contributed by atoms with Gasteiger partial charge in [0.25, 0.3) is 5.91 Å². The van der Waals surface area contributed by atoms with Crippen LogP contribution in [0.2, 0.25) is 0 Å². The minimum absolute atomic E-state index is 0.00630. The minimum atomic E-state index is -4.38. The second kappa shape index (κ2) is 8.37. The molecule has 134 valence electrons. The fourth-order valence-electron chi connectivity index (χ4n) is 2.78. The Hall–Kier alpha value is -1.76. The van der Waals surface area contributed by atoms with Gasteiger partial charge in [-0.3, -0.25) is 4.79 Å². The van der Waals surface area contributed by atoms with Crippen molar-refractivity contribution in [3.05, 3.63) is 29.8 Å². The van der Waals surface area contributed by atoms with Gasteiger partial charge in [-0.15, -0.1) is 0 Å². The number of amides is 1. The van der Waals surface area contributed by atoms with Crippen LogP contribution in [0.5, 0.6) is 5.75 Å². The van der Waals surface area contributed by atoms with E-state index in [1.165, 1.54) is 31.4 Å². The van der Waals surface area contributed by atoms with Crippen LogP contribution in [0.1, 0.15) is 31.7 Å². The largest absolute Gasteiger partial charge is 0.484 e. The summed E-state index contributed by atoms with van der Waals surface area (Å²) in [7, 11) is 0. The van der Waals surface area contributed by atoms with Gasteiger partial charge >= 0.3 is 6.18 Å². The number of hydrogen-bond donors (Lipinski definition) is 1. The number of piperidine rings is 1. The van der Waals surface area contributed by atoms with Gasteiger partial charge in [-0.25, -0.2) is 0 Å². The van der Waals surface area contributed by atoms with E-state index in [0.717, 1.165) is 31.8 Å². The zero-order valence-electron chi connectivity index (χ0n) is 13.7. The molecule has 1 saturated heterocycles. The van der Waals surface area contributed by atoms with Crippen molar-refractivity contribution in [3.8, 4) is 5.75 Å². The second-order valence-corrected chi connectivity index (χ2v) is 6.14. The van der Waals surface area contributed by atoms with Crippen LogP contribution in [0.25, 0.3) is 0 Å². The van der Waals surface area contributed by atoms with Gasteiger partial charge in [-0.2, -0.15) is 13.2 Å². The lowest BCUT2D eigenvalue weighted by Crippen LogP contribution is -2.45. The maximum atomic E-state index is 12.5. The molecule has 1 aliphatic rings. The maximum Gasteiger partial charge on any atom is 0.416 e. The van der Waals surface area contributed by atoms with E-state index < -0.39 is 11.7 Å². The number of likely N-dealkylation sites (tertiary alicyclic amines) is 1. The third-order valence-electron chi connectivity index (χ3n) is 3.94. The fourth-order valence-corrected chi connectivity index (χ4v) is 2.78. The highest BCUT2D eigenvalue weighted by molar-refractivity contribution is 5.77. The highest BCUT2D eigenvalue weighted by Gasteiger charge is 2.30. The van der Waals surface area contributed by atoms with Gasteiger partial charge < -0.3 is 15.0 Å². The monoisotopic (exact) mass is 344 g/mol. The molecule has 1 fully saturated rings. The number of benzene rings is 1. The van der Waals surface area contributed by atoms with E-state index in [1.54, 1.807) is 0 Å². The molecule has 4 nitrogen and oxygen atoms in total. The van der Waals surface area contributed by atoms with Gasteiger partial charge in [0.05, 0.1) is 5.56 Å². The molecule has 1 amide bonds. The number of alkyl halides is 3. The highest BCUT2D eigenvalue weighted by atomic mass is 19.4. The van der Waals surface area contributed by atoms with Crippen molar-refractivity contribution in [3.63, 3.8) is 0 Å². The standard InChI is InChI=1S/C17H23F3N2O2/c1-13(11-22-9-3-2-4-10-22)21-16(23)12-24-15-7-5-14(6-8-15)17(18,19)20/h5-8,13H,2-4,9-12H2,1H3,(H,21,23). The summed E-state index contributed by atoms with van der Waals surface area (Å²) in [6.45, 7) is 4.64. The number of carbonyl (C=O) groups is 1. The topological polar surface area (TPSA) is 41.6 Å². The average Bonchev–Trinajstić information content (AvgIpc) is 2.53. The Kier molecular flexibility index (Phi) is 6.48. The van der Waals surface area contributed by atoms with Gasteiger partial charge in [-0.1, -0.05) is 6.42 Å². The third-order valence-corrected chi connectivity index (χ3v) is 3.94. The average molecular weight is 344 g/mol. The molecule has 7 heteroatoms. The Morgan fingerprint density at radius 3 is 2.42 bits per heavy atom. The lowest BCUT2D eigenvalue weighted by atomic mass is 10.1. The number of carbonyl (C=O) groups excluding carboxylic acids is 1. The van der Waals surface area contributed by atoms with E-state index in [4.69, 9.17) is 4.74 Å². The lowest BCUT2D eigenvalue weighted by molar-refractivity contribution is -0.137. The van der Waals surface area contributed by atoms with Gasteiger partial charge in [0, 0.05) is 12.6 Å². The van der Waals surface area contributed by atoms with Crippen LogP contribution in [0, 0.1) is 0 Å². The Bertz CT molecular complexity index is 526. The summed E-state index contributed by atoms with van der Waals surface area (Å²) in [5.41, 5.74) is -0.741. The van der Waals surface area contributed by atoms with Crippen LogP contribution in [0.4, 0.5) is 13.2 Å². The highest BCUT2D eigenvalue weighted by Crippen LogP contribution is 2.30. The molecule has 1 aromatic rings. The molecule has 1 heterocycles. The van der Waals surface area contributed by atoms with Gasteiger partial charge in [0.1, 0.15) is 5.75 Å². The lowest BCUT2D eigenvalue weighted by Gasteiger charge is -2.29. The molecule has 2 rings (SSSR count). The van der Waals surface area contributed by atoms with E-state index in [9.17, 15) is 18.0 Å². The number of nitrogens with zero attached hydrogens (tertiary/aromatic N) is 1. The molecular formula is C17H23F3N2O2. The predicted octanol–water partition coefficient (Wildman–Crippen LogP) is 3.07. The first kappa shape index (κ1) is 18.6. The van der Waals surface area contributed by atoms with Crippen molar-refractivity contribution < 1.29 is 22.7 Å². The summed E-state index contributed by atoms with van der Waals surface area (Å²) in [6, 6.07) is 4.31. The summed E-state index contributed by atoms with van der Waals surface area (Å²) < 4.78 is 42.6. The zero-order chi connectivity index (χ0) is 17.6. The number of ether oxygens (including phenoxy) is 1. The minimum Gasteiger partial charge on any atom is -0.484 e. The van der Waals surface area contributed by atoms with Crippen molar-refractivity contribution in [2.75, 3.05) is 26.2 Å². The Labute approximate surface area is 140 Å². The van der Waals surface area contributed by atoms with Crippen LogP contribution in [0.3, 0.4) is 0 Å². The van der Waals surface area contributed by atoms with Crippen molar-refractivity contribution in [2.45, 2.75) is 38.4 Å². The van der Waals surface area contributed by atoms with Crippen molar-refractivity contribution >= 4 is 5.91 Å². The van der Waals surface area contributed by atoms with Crippen LogP contribution in [0.15, 0.2) is 24.3 Å². The van der Waals surface area contributed by atoms with Crippen molar-refractivity contribution in [1.29, 1.82) is 0 Å². The molecular weight excluding hydrogens is 321 g/mol. The first-order valence-electron chi connectivity index (χ1n) is 8.16. The van der Waals surface area contributed by atoms with Crippen molar-refractivity contribution in [1.82, 2.24) is 10.2 Å². The maximum absolute atomic E-state index is 12.5. The van der Waals surface area contributed by atoms with Crippen LogP contribution < -0.4 is 10.1 Å². The number of nitrogens with one attached hydrogen (secondary N) is 1. The van der Waals surface area contributed by atoms with Gasteiger partial charge in [0.2, 0.25) is 0 Å². The second-order valence-electron chi connectivity index (χ2n) is 6.14. The molecule has 0 spiro atoms. The number of rotatable bonds is 6. The normalized spacial score (nSPS) is 17.3. The molecule has 0 aromatic heterocycles. The number of hydrogen-bond acceptors (Lipinski definition) is 3. The summed E-state index contributed by atoms with van der Waals surface area (Å²) in [5.74, 6) is -0.0405. The summed E-state index contributed by atoms with van der Waals surface area (Å²) in [6.07, 6.45) is -0.729. The molecule has 24 heavy (non-hydrogen) atoms. The quantitative estimate of drug-likeness (QED) is 0.862.